The first kappa shape index (κ1) is 32.0. The van der Waals surface area contributed by atoms with Gasteiger partial charge in [-0.2, -0.15) is 0 Å². The summed E-state index contributed by atoms with van der Waals surface area (Å²) in [7, 11) is 9.73. The molecule has 6 rings (SSSR count). The van der Waals surface area contributed by atoms with Gasteiger partial charge in [-0.05, 0) is 43.3 Å². The lowest BCUT2D eigenvalue weighted by Gasteiger charge is -2.14. The minimum absolute atomic E-state index is 0.583. The third-order valence-corrected chi connectivity index (χ3v) is 7.87. The van der Waals surface area contributed by atoms with Crippen molar-refractivity contribution < 1.29 is 0 Å². The third kappa shape index (κ3) is 7.71. The number of aryl methyl sites for hydroxylation is 1. The third-order valence-electron chi connectivity index (χ3n) is 7.87. The van der Waals surface area contributed by atoms with E-state index in [1.807, 2.05) is 61.1 Å². The van der Waals surface area contributed by atoms with E-state index in [1.54, 1.807) is 0 Å². The molecule has 0 aliphatic heterocycles. The van der Waals surface area contributed by atoms with Crippen molar-refractivity contribution in [1.82, 2.24) is 59.7 Å². The molecule has 0 saturated heterocycles. The van der Waals surface area contributed by atoms with E-state index >= 15 is 0 Å². The van der Waals surface area contributed by atoms with Gasteiger partial charge in [0.1, 0.15) is 0 Å². The van der Waals surface area contributed by atoms with E-state index in [2.05, 4.69) is 108 Å². The first-order valence-electron chi connectivity index (χ1n) is 15.7. The topological polar surface area (TPSA) is 205 Å². The highest BCUT2D eigenvalue weighted by Gasteiger charge is 2.13. The summed E-state index contributed by atoms with van der Waals surface area (Å²) in [6.45, 7) is 5.22. The Hall–Kier alpha value is -5.94. The molecule has 6 aromatic rings. The summed E-state index contributed by atoms with van der Waals surface area (Å²) in [5.74, 6) is 4.19. The van der Waals surface area contributed by atoms with Crippen LogP contribution in [0.25, 0.3) is 0 Å². The van der Waals surface area contributed by atoms with Gasteiger partial charge in [-0.1, -0.05) is 0 Å². The van der Waals surface area contributed by atoms with Crippen LogP contribution in [0.2, 0.25) is 0 Å². The average Bonchev–Trinajstić information content (AvgIpc) is 3.91. The van der Waals surface area contributed by atoms with Crippen molar-refractivity contribution >= 4 is 35.7 Å². The molecule has 6 aromatic heterocycles. The van der Waals surface area contributed by atoms with E-state index < -0.39 is 0 Å². The van der Waals surface area contributed by atoms with Crippen molar-refractivity contribution in [1.29, 1.82) is 0 Å². The highest BCUT2D eigenvalue weighted by atomic mass is 15.4. The Morgan fingerprint density at radius 1 is 0.604 bits per heavy atom. The number of rotatable bonds is 17. The van der Waals surface area contributed by atoms with Crippen LogP contribution in [0.4, 0.5) is 35.7 Å². The van der Waals surface area contributed by atoms with Crippen LogP contribution in [0.15, 0.2) is 36.4 Å². The van der Waals surface area contributed by atoms with Gasteiger partial charge in [0.25, 0.3) is 0 Å². The molecule has 8 N–H and O–H groups in total. The fourth-order valence-corrected chi connectivity index (χ4v) is 5.27. The SMILES string of the molecule is Cc1ccc(CNc2nnc(NCc3ccc(CN(C)c4nnc(NCCc5ccc(CNc6nnc(N(C)C)n6C)[nH]5)[nH]4)[nH]3)n2C)[nH]1. The molecular formula is C30H44N18. The average molecular weight is 657 g/mol. The maximum atomic E-state index is 4.32. The zero-order valence-corrected chi connectivity index (χ0v) is 28.2. The van der Waals surface area contributed by atoms with Crippen LogP contribution >= 0.6 is 0 Å². The summed E-state index contributed by atoms with van der Waals surface area (Å²) >= 11 is 0. The van der Waals surface area contributed by atoms with Crippen LogP contribution < -0.4 is 31.1 Å². The smallest absolute Gasteiger partial charge is 0.227 e. The molecule has 0 unspecified atom stereocenters. The Balaban J connectivity index is 0.914. The number of hydrogen-bond donors (Lipinski definition) is 8. The summed E-state index contributed by atoms with van der Waals surface area (Å²) in [6.07, 6.45) is 0.805. The Morgan fingerprint density at radius 3 is 1.79 bits per heavy atom. The van der Waals surface area contributed by atoms with Crippen LogP contribution in [0, 0.1) is 6.92 Å². The normalized spacial score (nSPS) is 11.2. The van der Waals surface area contributed by atoms with Crippen molar-refractivity contribution in [2.75, 3.05) is 58.8 Å². The number of anilines is 6. The van der Waals surface area contributed by atoms with E-state index in [4.69, 9.17) is 0 Å². The standard InChI is InChI=1S/C30H44N18/c1-19-7-8-21(35-19)15-32-26-40-41-27(47(26)5)33-17-23-11-12-24(37-23)18-46(4)29-38-25(39-43-29)31-14-13-20-9-10-22(36-20)16-34-28-42-44-30(45(2)3)48(28)6/h7-12,35-37H,13-18H2,1-6H3,(H,32,40)(H,33,41)(H,34,42)(H2,31,38,39,43). The molecule has 0 saturated carbocycles. The molecule has 0 radical (unpaired) electrons. The van der Waals surface area contributed by atoms with Crippen LogP contribution in [0.3, 0.4) is 0 Å². The summed E-state index contributed by atoms with van der Waals surface area (Å²) in [5, 5.41) is 38.9. The molecule has 0 aliphatic rings. The number of aromatic nitrogens is 12. The molecule has 0 aliphatic carbocycles. The molecule has 0 fully saturated rings. The maximum absolute atomic E-state index is 4.32. The lowest BCUT2D eigenvalue weighted by atomic mass is 10.3. The van der Waals surface area contributed by atoms with Gasteiger partial charge in [0.2, 0.25) is 35.7 Å². The van der Waals surface area contributed by atoms with Crippen molar-refractivity contribution in [3.05, 3.63) is 70.6 Å². The Bertz CT molecular complexity index is 1900. The second-order valence-electron chi connectivity index (χ2n) is 12.0. The molecule has 48 heavy (non-hydrogen) atoms. The molecule has 0 amide bonds. The molecule has 0 atom stereocenters. The molecule has 0 bridgehead atoms. The van der Waals surface area contributed by atoms with Crippen molar-refractivity contribution in [2.24, 2.45) is 14.1 Å². The number of H-pyrrole nitrogens is 4. The Labute approximate surface area is 278 Å². The van der Waals surface area contributed by atoms with Gasteiger partial charge in [-0.25, -0.2) is 0 Å². The van der Waals surface area contributed by atoms with Gasteiger partial charge in [0, 0.05) is 82.4 Å². The molecule has 0 aromatic carbocycles. The minimum Gasteiger partial charge on any atom is -0.361 e. The van der Waals surface area contributed by atoms with E-state index in [9.17, 15) is 0 Å². The molecule has 18 nitrogen and oxygen atoms in total. The van der Waals surface area contributed by atoms with E-state index in [0.29, 0.717) is 56.5 Å². The highest BCUT2D eigenvalue weighted by Crippen LogP contribution is 2.16. The molecular weight excluding hydrogens is 612 g/mol. The summed E-state index contributed by atoms with van der Waals surface area (Å²) in [4.78, 5) is 17.4. The van der Waals surface area contributed by atoms with E-state index in [-0.39, 0.29) is 0 Å². The van der Waals surface area contributed by atoms with Crippen LogP contribution in [0.1, 0.15) is 34.2 Å². The molecule has 254 valence electrons. The zero-order valence-electron chi connectivity index (χ0n) is 28.2. The van der Waals surface area contributed by atoms with E-state index in [0.717, 1.165) is 52.5 Å². The van der Waals surface area contributed by atoms with Crippen LogP contribution in [-0.4, -0.2) is 87.3 Å². The first-order chi connectivity index (χ1) is 23.2. The molecule has 18 heteroatoms. The summed E-state index contributed by atoms with van der Waals surface area (Å²) < 4.78 is 3.83. The highest BCUT2D eigenvalue weighted by molar-refractivity contribution is 5.40. The lowest BCUT2D eigenvalue weighted by Crippen LogP contribution is -2.18. The number of nitrogens with zero attached hydrogens (tertiary/aromatic N) is 10. The quantitative estimate of drug-likeness (QED) is 0.0713. The maximum Gasteiger partial charge on any atom is 0.227 e. The van der Waals surface area contributed by atoms with Crippen LogP contribution in [-0.2, 0) is 46.7 Å². The summed E-state index contributed by atoms with van der Waals surface area (Å²) in [5.41, 5.74) is 6.50. The Kier molecular flexibility index (Phi) is 9.49. The van der Waals surface area contributed by atoms with Crippen molar-refractivity contribution in [2.45, 2.75) is 39.5 Å². The lowest BCUT2D eigenvalue weighted by molar-refractivity contribution is 0.842. The van der Waals surface area contributed by atoms with Gasteiger partial charge in [-0.3, -0.25) is 14.1 Å². The van der Waals surface area contributed by atoms with Gasteiger partial charge in [0.15, 0.2) is 0 Å². The van der Waals surface area contributed by atoms with E-state index in [1.165, 1.54) is 0 Å². The summed E-state index contributed by atoms with van der Waals surface area (Å²) in [6, 6.07) is 12.4. The molecule has 6 heterocycles. The second-order valence-corrected chi connectivity index (χ2v) is 12.0. The number of aromatic amines is 4. The fourth-order valence-electron chi connectivity index (χ4n) is 5.27. The van der Waals surface area contributed by atoms with Crippen LogP contribution in [0.5, 0.6) is 0 Å². The fraction of sp³-hybridized carbons (Fsp3) is 0.400. The van der Waals surface area contributed by atoms with Gasteiger partial charge in [0.05, 0.1) is 26.2 Å². The predicted molar refractivity (Wildman–Crippen MR) is 186 cm³/mol. The monoisotopic (exact) mass is 656 g/mol. The van der Waals surface area contributed by atoms with Gasteiger partial charge >= 0.3 is 0 Å². The van der Waals surface area contributed by atoms with Crippen molar-refractivity contribution in [3.8, 4) is 0 Å². The molecule has 0 spiro atoms. The second kappa shape index (κ2) is 14.2. The number of nitrogens with one attached hydrogen (secondary N) is 8. The first-order valence-corrected chi connectivity index (χ1v) is 15.7. The minimum atomic E-state index is 0.583. The Morgan fingerprint density at radius 2 is 1.17 bits per heavy atom. The largest absolute Gasteiger partial charge is 0.361 e. The van der Waals surface area contributed by atoms with Gasteiger partial charge < -0.3 is 46.0 Å². The number of hydrogen-bond acceptors (Lipinski definition) is 12. The van der Waals surface area contributed by atoms with Gasteiger partial charge in [-0.15, -0.1) is 30.6 Å². The predicted octanol–water partition coefficient (Wildman–Crippen LogP) is 2.55. The van der Waals surface area contributed by atoms with Crippen molar-refractivity contribution in [3.63, 3.8) is 0 Å². The zero-order chi connectivity index (χ0) is 33.6.